The number of benzene rings is 2. The van der Waals surface area contributed by atoms with Crippen molar-refractivity contribution in [2.45, 2.75) is 45.4 Å². The summed E-state index contributed by atoms with van der Waals surface area (Å²) in [6.07, 6.45) is 4.96. The van der Waals surface area contributed by atoms with Gasteiger partial charge in [0.15, 0.2) is 0 Å². The maximum atomic E-state index is 11.6. The summed E-state index contributed by atoms with van der Waals surface area (Å²) in [6, 6.07) is 8.45. The number of carbonyl (C=O) groups is 2. The second-order valence-corrected chi connectivity index (χ2v) is 8.14. The Balaban J connectivity index is 1.58. The Kier molecular flexibility index (Phi) is 8.40. The van der Waals surface area contributed by atoms with Gasteiger partial charge in [-0.2, -0.15) is 0 Å². The molecule has 1 saturated carbocycles. The molecule has 1 fully saturated rings. The van der Waals surface area contributed by atoms with Gasteiger partial charge in [0.25, 0.3) is 5.91 Å². The van der Waals surface area contributed by atoms with Gasteiger partial charge in [0, 0.05) is 17.5 Å². The van der Waals surface area contributed by atoms with Crippen molar-refractivity contribution in [1.82, 2.24) is 0 Å². The van der Waals surface area contributed by atoms with Crippen molar-refractivity contribution in [3.05, 3.63) is 47.0 Å². The topological polar surface area (TPSA) is 131 Å². The SMILES string of the molecule is CCCc1c(OCCCOc2ccc(C(N)=O)c(O)c2CC2CC2)cccc1OCC(=O)[O-]. The second kappa shape index (κ2) is 11.4. The molecule has 2 aromatic rings. The predicted octanol–water partition coefficient (Wildman–Crippen LogP) is 2.37. The van der Waals surface area contributed by atoms with Gasteiger partial charge in [-0.3, -0.25) is 4.79 Å². The number of aromatic hydroxyl groups is 1. The smallest absolute Gasteiger partial charge is 0.252 e. The molecule has 0 atom stereocenters. The third-order valence-electron chi connectivity index (χ3n) is 5.43. The summed E-state index contributed by atoms with van der Waals surface area (Å²) in [4.78, 5) is 22.3. The summed E-state index contributed by atoms with van der Waals surface area (Å²) >= 11 is 0. The number of carboxylic acids is 1. The minimum Gasteiger partial charge on any atom is -0.546 e. The van der Waals surface area contributed by atoms with Crippen molar-refractivity contribution in [3.8, 4) is 23.0 Å². The van der Waals surface area contributed by atoms with Gasteiger partial charge in [-0.1, -0.05) is 19.4 Å². The first kappa shape index (κ1) is 24.2. The Morgan fingerprint density at radius 2 is 1.67 bits per heavy atom. The zero-order valence-corrected chi connectivity index (χ0v) is 18.8. The summed E-state index contributed by atoms with van der Waals surface area (Å²) in [5, 5.41) is 21.2. The summed E-state index contributed by atoms with van der Waals surface area (Å²) < 4.78 is 17.2. The van der Waals surface area contributed by atoms with Crippen molar-refractivity contribution < 1.29 is 34.0 Å². The van der Waals surface area contributed by atoms with E-state index in [1.165, 1.54) is 6.07 Å². The number of carboxylic acid groups (broad SMARTS) is 1. The van der Waals surface area contributed by atoms with E-state index < -0.39 is 18.5 Å². The van der Waals surface area contributed by atoms with Crippen LogP contribution in [0.2, 0.25) is 0 Å². The molecule has 0 spiro atoms. The number of aliphatic carboxylic acids is 1. The van der Waals surface area contributed by atoms with Crippen LogP contribution in [0.4, 0.5) is 0 Å². The number of hydrogen-bond acceptors (Lipinski definition) is 7. The molecule has 0 radical (unpaired) electrons. The van der Waals surface area contributed by atoms with E-state index >= 15 is 0 Å². The summed E-state index contributed by atoms with van der Waals surface area (Å²) in [5.74, 6) is 0.118. The van der Waals surface area contributed by atoms with Crippen LogP contribution >= 0.6 is 0 Å². The summed E-state index contributed by atoms with van der Waals surface area (Å²) in [5.41, 5.74) is 6.90. The number of amides is 1. The molecule has 8 heteroatoms. The van der Waals surface area contributed by atoms with Crippen molar-refractivity contribution in [1.29, 1.82) is 0 Å². The number of phenols is 1. The molecular formula is C25H30NO7-. The number of rotatable bonds is 14. The van der Waals surface area contributed by atoms with Gasteiger partial charge in [0.05, 0.1) is 24.7 Å². The van der Waals surface area contributed by atoms with Crippen LogP contribution in [-0.2, 0) is 17.6 Å². The number of primary amides is 1. The highest BCUT2D eigenvalue weighted by Gasteiger charge is 2.26. The zero-order valence-electron chi connectivity index (χ0n) is 18.8. The Morgan fingerprint density at radius 1 is 1.03 bits per heavy atom. The van der Waals surface area contributed by atoms with Crippen LogP contribution in [-0.4, -0.2) is 36.8 Å². The van der Waals surface area contributed by atoms with Gasteiger partial charge in [-0.25, -0.2) is 0 Å². The van der Waals surface area contributed by atoms with Gasteiger partial charge in [-0.15, -0.1) is 0 Å². The Bertz CT molecular complexity index is 985. The van der Waals surface area contributed by atoms with E-state index in [0.29, 0.717) is 61.2 Å². The average Bonchev–Trinajstić information content (AvgIpc) is 3.59. The molecular weight excluding hydrogens is 426 g/mol. The van der Waals surface area contributed by atoms with E-state index in [9.17, 15) is 19.8 Å². The lowest BCUT2D eigenvalue weighted by Gasteiger charge is -2.17. The molecule has 0 heterocycles. The second-order valence-electron chi connectivity index (χ2n) is 8.14. The normalized spacial score (nSPS) is 12.9. The molecule has 0 aliphatic heterocycles. The Labute approximate surface area is 193 Å². The molecule has 3 N–H and O–H groups in total. The van der Waals surface area contributed by atoms with Crippen LogP contribution in [0.5, 0.6) is 23.0 Å². The van der Waals surface area contributed by atoms with E-state index in [2.05, 4.69) is 0 Å². The largest absolute Gasteiger partial charge is 0.546 e. The molecule has 1 aliphatic rings. The van der Waals surface area contributed by atoms with E-state index in [1.54, 1.807) is 18.2 Å². The van der Waals surface area contributed by atoms with E-state index in [0.717, 1.165) is 24.8 Å². The Hall–Kier alpha value is -3.42. The minimum atomic E-state index is -1.28. The maximum absolute atomic E-state index is 11.6. The maximum Gasteiger partial charge on any atom is 0.252 e. The van der Waals surface area contributed by atoms with Crippen LogP contribution < -0.4 is 25.1 Å². The van der Waals surface area contributed by atoms with Crippen LogP contribution in [0.25, 0.3) is 0 Å². The van der Waals surface area contributed by atoms with Crippen molar-refractivity contribution in [3.63, 3.8) is 0 Å². The first-order valence-corrected chi connectivity index (χ1v) is 11.3. The highest BCUT2D eigenvalue weighted by Crippen LogP contribution is 2.40. The van der Waals surface area contributed by atoms with E-state index in [-0.39, 0.29) is 11.3 Å². The van der Waals surface area contributed by atoms with Gasteiger partial charge in [0.1, 0.15) is 29.6 Å². The molecule has 0 aromatic heterocycles. The molecule has 0 bridgehead atoms. The van der Waals surface area contributed by atoms with Crippen LogP contribution in [0, 0.1) is 5.92 Å². The highest BCUT2D eigenvalue weighted by molar-refractivity contribution is 5.96. The molecule has 33 heavy (non-hydrogen) atoms. The molecule has 178 valence electrons. The summed E-state index contributed by atoms with van der Waals surface area (Å²) in [7, 11) is 0. The quantitative estimate of drug-likeness (QED) is 0.417. The fourth-order valence-corrected chi connectivity index (χ4v) is 3.63. The first-order valence-electron chi connectivity index (χ1n) is 11.3. The fraction of sp³-hybridized carbons (Fsp3) is 0.440. The van der Waals surface area contributed by atoms with Crippen LogP contribution in [0.1, 0.15) is 54.1 Å². The molecule has 1 aliphatic carbocycles. The van der Waals surface area contributed by atoms with E-state index in [4.69, 9.17) is 19.9 Å². The predicted molar refractivity (Wildman–Crippen MR) is 120 cm³/mol. The zero-order chi connectivity index (χ0) is 23.8. The lowest BCUT2D eigenvalue weighted by atomic mass is 10.0. The van der Waals surface area contributed by atoms with E-state index in [1.807, 2.05) is 13.0 Å². The first-order chi connectivity index (χ1) is 15.9. The lowest BCUT2D eigenvalue weighted by Crippen LogP contribution is -2.29. The van der Waals surface area contributed by atoms with Gasteiger partial charge < -0.3 is 35.0 Å². The number of ether oxygens (including phenoxy) is 3. The number of hydrogen-bond donors (Lipinski definition) is 2. The third kappa shape index (κ3) is 6.78. The van der Waals surface area contributed by atoms with Crippen molar-refractivity contribution in [2.24, 2.45) is 11.7 Å². The monoisotopic (exact) mass is 456 g/mol. The summed E-state index contributed by atoms with van der Waals surface area (Å²) in [6.45, 7) is 2.24. The molecule has 0 unspecified atom stereocenters. The molecule has 1 amide bonds. The van der Waals surface area contributed by atoms with Crippen molar-refractivity contribution in [2.75, 3.05) is 19.8 Å². The standard InChI is InChI=1S/C25H31NO7/c1-2-5-17-20(6-3-7-21(17)33-15-23(27)28)31-12-4-13-32-22-11-10-18(25(26)30)24(29)19(22)14-16-8-9-16/h3,6-7,10-11,16,29H,2,4-5,8-9,12-15H2,1H3,(H2,26,30)(H,27,28)/p-1. The average molecular weight is 457 g/mol. The van der Waals surface area contributed by atoms with Gasteiger partial charge >= 0.3 is 0 Å². The number of nitrogens with two attached hydrogens (primary N) is 1. The van der Waals surface area contributed by atoms with Crippen LogP contribution in [0.15, 0.2) is 30.3 Å². The highest BCUT2D eigenvalue weighted by atomic mass is 16.5. The third-order valence-corrected chi connectivity index (χ3v) is 5.43. The lowest BCUT2D eigenvalue weighted by molar-refractivity contribution is -0.307. The molecule has 3 rings (SSSR count). The Morgan fingerprint density at radius 3 is 2.24 bits per heavy atom. The molecule has 2 aromatic carbocycles. The minimum absolute atomic E-state index is 0.0965. The van der Waals surface area contributed by atoms with Crippen molar-refractivity contribution >= 4 is 11.9 Å². The van der Waals surface area contributed by atoms with Gasteiger partial charge in [0.2, 0.25) is 0 Å². The molecule has 8 nitrogen and oxygen atoms in total. The fourth-order valence-electron chi connectivity index (χ4n) is 3.63. The molecule has 0 saturated heterocycles. The van der Waals surface area contributed by atoms with Crippen LogP contribution in [0.3, 0.4) is 0 Å². The number of carbonyl (C=O) groups excluding carboxylic acids is 2. The van der Waals surface area contributed by atoms with Gasteiger partial charge in [-0.05, 0) is 55.9 Å².